The Balaban J connectivity index is 1.96. The summed E-state index contributed by atoms with van der Waals surface area (Å²) in [5, 5.41) is 4.17. The fourth-order valence-electron chi connectivity index (χ4n) is 4.09. The molecule has 1 saturated heterocycles. The summed E-state index contributed by atoms with van der Waals surface area (Å²) < 4.78 is 7.10. The van der Waals surface area contributed by atoms with Crippen LogP contribution in [-0.4, -0.2) is 39.2 Å². The number of pyridine rings is 1. The Kier molecular flexibility index (Phi) is 6.34. The van der Waals surface area contributed by atoms with Crippen molar-refractivity contribution >= 4 is 23.3 Å². The van der Waals surface area contributed by atoms with Crippen molar-refractivity contribution in [3.63, 3.8) is 0 Å². The predicted octanol–water partition coefficient (Wildman–Crippen LogP) is 3.45. The normalized spacial score (nSPS) is 19.0. The van der Waals surface area contributed by atoms with Gasteiger partial charge in [0.2, 0.25) is 0 Å². The van der Waals surface area contributed by atoms with Crippen LogP contribution in [0.5, 0.6) is 0 Å². The largest absolute Gasteiger partial charge is 0.469 e. The third-order valence-electron chi connectivity index (χ3n) is 5.45. The van der Waals surface area contributed by atoms with E-state index in [0.29, 0.717) is 24.5 Å². The van der Waals surface area contributed by atoms with Gasteiger partial charge < -0.3 is 19.5 Å². The second-order valence-corrected chi connectivity index (χ2v) is 7.46. The van der Waals surface area contributed by atoms with Crippen molar-refractivity contribution in [1.29, 1.82) is 0 Å². The maximum atomic E-state index is 11.5. The first-order valence-corrected chi connectivity index (χ1v) is 10.1. The van der Waals surface area contributed by atoms with E-state index in [1.54, 1.807) is 0 Å². The molecule has 1 aliphatic rings. The molecule has 0 bridgehead atoms. The second kappa shape index (κ2) is 8.73. The zero-order chi connectivity index (χ0) is 20.3. The molecule has 6 nitrogen and oxygen atoms in total. The Morgan fingerprint density at radius 3 is 2.75 bits per heavy atom. The SMILES string of the molecule is CCn1c(C)cc([C@@H]2[C@@H](c3ccccn3)NC(=S)N2CCCC(=O)OC)c1C. The summed E-state index contributed by atoms with van der Waals surface area (Å²) in [6, 6.07) is 8.21. The highest BCUT2D eigenvalue weighted by Crippen LogP contribution is 2.40. The molecule has 3 heterocycles. The van der Waals surface area contributed by atoms with Crippen LogP contribution < -0.4 is 5.32 Å². The highest BCUT2D eigenvalue weighted by molar-refractivity contribution is 7.80. The molecule has 1 aliphatic heterocycles. The van der Waals surface area contributed by atoms with Gasteiger partial charge in [0.1, 0.15) is 0 Å². The highest BCUT2D eigenvalue weighted by Gasteiger charge is 2.41. The minimum Gasteiger partial charge on any atom is -0.469 e. The van der Waals surface area contributed by atoms with Crippen LogP contribution in [0.4, 0.5) is 0 Å². The molecule has 2 aromatic rings. The van der Waals surface area contributed by atoms with Gasteiger partial charge in [0.25, 0.3) is 0 Å². The van der Waals surface area contributed by atoms with E-state index in [1.807, 2.05) is 24.4 Å². The molecule has 28 heavy (non-hydrogen) atoms. The van der Waals surface area contributed by atoms with E-state index in [2.05, 4.69) is 46.6 Å². The van der Waals surface area contributed by atoms with E-state index in [0.717, 1.165) is 12.2 Å². The van der Waals surface area contributed by atoms with Gasteiger partial charge in [-0.15, -0.1) is 0 Å². The van der Waals surface area contributed by atoms with Crippen molar-refractivity contribution in [1.82, 2.24) is 19.8 Å². The molecular formula is C21H28N4O2S. The Morgan fingerprint density at radius 2 is 2.14 bits per heavy atom. The molecular weight excluding hydrogens is 372 g/mol. The molecule has 1 fully saturated rings. The summed E-state index contributed by atoms with van der Waals surface area (Å²) in [6.45, 7) is 8.07. The number of aromatic nitrogens is 2. The number of carbonyl (C=O) groups is 1. The maximum absolute atomic E-state index is 11.5. The molecule has 0 amide bonds. The average Bonchev–Trinajstić information content (AvgIpc) is 3.17. The van der Waals surface area contributed by atoms with Crippen LogP contribution in [0.2, 0.25) is 0 Å². The number of carbonyl (C=O) groups excluding carboxylic acids is 1. The van der Waals surface area contributed by atoms with Crippen molar-refractivity contribution in [2.75, 3.05) is 13.7 Å². The smallest absolute Gasteiger partial charge is 0.305 e. The number of methoxy groups -OCH3 is 1. The number of aryl methyl sites for hydroxylation is 1. The molecule has 0 unspecified atom stereocenters. The summed E-state index contributed by atoms with van der Waals surface area (Å²) in [4.78, 5) is 18.3. The number of rotatable bonds is 7. The second-order valence-electron chi connectivity index (χ2n) is 7.07. The molecule has 7 heteroatoms. The topological polar surface area (TPSA) is 59.4 Å². The Bertz CT molecular complexity index is 850. The van der Waals surface area contributed by atoms with E-state index in [-0.39, 0.29) is 18.1 Å². The molecule has 0 radical (unpaired) electrons. The van der Waals surface area contributed by atoms with E-state index >= 15 is 0 Å². The molecule has 2 aromatic heterocycles. The van der Waals surface area contributed by atoms with Gasteiger partial charge >= 0.3 is 5.97 Å². The van der Waals surface area contributed by atoms with Gasteiger partial charge in [-0.1, -0.05) is 6.07 Å². The van der Waals surface area contributed by atoms with Gasteiger partial charge in [-0.05, 0) is 63.2 Å². The van der Waals surface area contributed by atoms with Crippen LogP contribution in [0.3, 0.4) is 0 Å². The third-order valence-corrected chi connectivity index (χ3v) is 5.81. The number of ether oxygens (including phenoxy) is 1. The number of hydrogen-bond acceptors (Lipinski definition) is 4. The molecule has 3 rings (SSSR count). The van der Waals surface area contributed by atoms with Crippen molar-refractivity contribution in [3.8, 4) is 0 Å². The summed E-state index contributed by atoms with van der Waals surface area (Å²) >= 11 is 5.68. The standard InChI is InChI=1S/C21H28N4O2S/c1-5-24-14(2)13-16(15(24)3)20-19(17-9-6-7-11-22-17)23-21(28)25(20)12-8-10-18(26)27-4/h6-7,9,11,13,19-20H,5,8,10,12H2,1-4H3,(H,23,28)/t19-,20-/m1/s1. The molecule has 150 valence electrons. The lowest BCUT2D eigenvalue weighted by Gasteiger charge is -2.28. The molecule has 0 spiro atoms. The van der Waals surface area contributed by atoms with E-state index in [9.17, 15) is 4.79 Å². The summed E-state index contributed by atoms with van der Waals surface area (Å²) in [5.74, 6) is -0.194. The van der Waals surface area contributed by atoms with Crippen LogP contribution >= 0.6 is 12.2 Å². The van der Waals surface area contributed by atoms with E-state index < -0.39 is 0 Å². The van der Waals surface area contributed by atoms with Crippen LogP contribution in [0.25, 0.3) is 0 Å². The fourth-order valence-corrected chi connectivity index (χ4v) is 4.43. The van der Waals surface area contributed by atoms with Crippen LogP contribution in [-0.2, 0) is 16.1 Å². The predicted molar refractivity (Wildman–Crippen MR) is 113 cm³/mol. The first-order valence-electron chi connectivity index (χ1n) is 9.69. The van der Waals surface area contributed by atoms with E-state index in [1.165, 1.54) is 24.1 Å². The number of esters is 1. The minimum absolute atomic E-state index is 0.0300. The lowest BCUT2D eigenvalue weighted by atomic mass is 9.96. The third kappa shape index (κ3) is 3.90. The van der Waals surface area contributed by atoms with Crippen LogP contribution in [0.15, 0.2) is 30.5 Å². The zero-order valence-corrected chi connectivity index (χ0v) is 17.8. The summed E-state index contributed by atoms with van der Waals surface area (Å²) in [6.07, 6.45) is 2.88. The summed E-state index contributed by atoms with van der Waals surface area (Å²) in [5.41, 5.74) is 4.70. The number of nitrogens with zero attached hydrogens (tertiary/aromatic N) is 3. The molecule has 0 aliphatic carbocycles. The number of thiocarbonyl (C=S) groups is 1. The van der Waals surface area contributed by atoms with Crippen molar-refractivity contribution in [3.05, 3.63) is 53.1 Å². The first kappa shape index (κ1) is 20.3. The molecule has 1 N–H and O–H groups in total. The lowest BCUT2D eigenvalue weighted by Crippen LogP contribution is -2.31. The van der Waals surface area contributed by atoms with Crippen LogP contribution in [0, 0.1) is 13.8 Å². The zero-order valence-electron chi connectivity index (χ0n) is 16.9. The molecule has 0 saturated carbocycles. The first-order chi connectivity index (χ1) is 13.5. The Labute approximate surface area is 171 Å². The monoisotopic (exact) mass is 400 g/mol. The van der Waals surface area contributed by atoms with Crippen molar-refractivity contribution < 1.29 is 9.53 Å². The average molecular weight is 401 g/mol. The summed E-state index contributed by atoms with van der Waals surface area (Å²) in [7, 11) is 1.42. The van der Waals surface area contributed by atoms with E-state index in [4.69, 9.17) is 17.0 Å². The fraction of sp³-hybridized carbons (Fsp3) is 0.476. The molecule has 0 aromatic carbocycles. The minimum atomic E-state index is -0.194. The number of nitrogens with one attached hydrogen (secondary N) is 1. The quantitative estimate of drug-likeness (QED) is 0.567. The van der Waals surface area contributed by atoms with Crippen LogP contribution in [0.1, 0.15) is 54.5 Å². The maximum Gasteiger partial charge on any atom is 0.305 e. The van der Waals surface area contributed by atoms with Gasteiger partial charge in [-0.2, -0.15) is 0 Å². The number of hydrogen-bond donors (Lipinski definition) is 1. The van der Waals surface area contributed by atoms with Crippen molar-refractivity contribution in [2.45, 2.75) is 52.2 Å². The van der Waals surface area contributed by atoms with Gasteiger partial charge in [0.15, 0.2) is 5.11 Å². The van der Waals surface area contributed by atoms with Gasteiger partial charge in [0, 0.05) is 37.1 Å². The van der Waals surface area contributed by atoms with Gasteiger partial charge in [-0.25, -0.2) is 0 Å². The van der Waals surface area contributed by atoms with Crippen molar-refractivity contribution in [2.24, 2.45) is 0 Å². The highest BCUT2D eigenvalue weighted by atomic mass is 32.1. The molecule has 2 atom stereocenters. The Hall–Kier alpha value is -2.41. The van der Waals surface area contributed by atoms with Gasteiger partial charge in [-0.3, -0.25) is 9.78 Å². The lowest BCUT2D eigenvalue weighted by molar-refractivity contribution is -0.140. The Morgan fingerprint density at radius 1 is 1.36 bits per heavy atom. The van der Waals surface area contributed by atoms with Gasteiger partial charge in [0.05, 0.1) is 24.9 Å².